The Labute approximate surface area is 147 Å². The standard InChI is InChI=1S/C18H23ClN4O/c19-15-8-6-13(7-9-15)12-17-21-16(22-23-17)10-11-20-18(24)14-4-2-1-3-5-14/h6-9,14H,1-5,10-12H2,(H,20,24)(H,21,22,23). The average molecular weight is 347 g/mol. The first-order chi connectivity index (χ1) is 11.7. The number of benzene rings is 1. The normalized spacial score (nSPS) is 15.4. The zero-order chi connectivity index (χ0) is 16.8. The molecular formula is C18H23ClN4O. The number of H-pyrrole nitrogens is 1. The van der Waals surface area contributed by atoms with Gasteiger partial charge in [-0.15, -0.1) is 0 Å². The van der Waals surface area contributed by atoms with E-state index in [-0.39, 0.29) is 11.8 Å². The first kappa shape index (κ1) is 17.0. The lowest BCUT2D eigenvalue weighted by Gasteiger charge is -2.20. The van der Waals surface area contributed by atoms with Gasteiger partial charge in [0.2, 0.25) is 5.91 Å². The number of amides is 1. The van der Waals surface area contributed by atoms with Crippen LogP contribution in [0.5, 0.6) is 0 Å². The molecule has 0 aliphatic heterocycles. The first-order valence-corrected chi connectivity index (χ1v) is 9.01. The Hall–Kier alpha value is -1.88. The molecule has 1 aliphatic carbocycles. The molecule has 0 atom stereocenters. The maximum Gasteiger partial charge on any atom is 0.223 e. The minimum Gasteiger partial charge on any atom is -0.355 e. The topological polar surface area (TPSA) is 70.7 Å². The van der Waals surface area contributed by atoms with Crippen LogP contribution >= 0.6 is 11.6 Å². The van der Waals surface area contributed by atoms with E-state index in [2.05, 4.69) is 20.5 Å². The van der Waals surface area contributed by atoms with Crippen LogP contribution in [0.2, 0.25) is 5.02 Å². The average Bonchev–Trinajstić information content (AvgIpc) is 3.05. The van der Waals surface area contributed by atoms with Gasteiger partial charge in [-0.3, -0.25) is 9.89 Å². The van der Waals surface area contributed by atoms with Crippen LogP contribution in [0.25, 0.3) is 0 Å². The number of hydrogen-bond acceptors (Lipinski definition) is 3. The highest BCUT2D eigenvalue weighted by molar-refractivity contribution is 6.30. The van der Waals surface area contributed by atoms with Crippen molar-refractivity contribution in [1.29, 1.82) is 0 Å². The Kier molecular flexibility index (Phi) is 5.86. The predicted molar refractivity (Wildman–Crippen MR) is 93.9 cm³/mol. The summed E-state index contributed by atoms with van der Waals surface area (Å²) < 4.78 is 0. The van der Waals surface area contributed by atoms with E-state index >= 15 is 0 Å². The van der Waals surface area contributed by atoms with Gasteiger partial charge in [-0.05, 0) is 30.5 Å². The number of aromatic amines is 1. The van der Waals surface area contributed by atoms with Crippen LogP contribution in [0.3, 0.4) is 0 Å². The summed E-state index contributed by atoms with van der Waals surface area (Å²) >= 11 is 5.89. The Morgan fingerprint density at radius 1 is 1.21 bits per heavy atom. The highest BCUT2D eigenvalue weighted by Crippen LogP contribution is 2.23. The smallest absolute Gasteiger partial charge is 0.223 e. The third kappa shape index (κ3) is 4.81. The van der Waals surface area contributed by atoms with E-state index in [4.69, 9.17) is 11.6 Å². The highest BCUT2D eigenvalue weighted by Gasteiger charge is 2.20. The number of hydrogen-bond donors (Lipinski definition) is 2. The Morgan fingerprint density at radius 2 is 1.96 bits per heavy atom. The molecule has 3 rings (SSSR count). The summed E-state index contributed by atoms with van der Waals surface area (Å²) in [4.78, 5) is 16.6. The largest absolute Gasteiger partial charge is 0.355 e. The van der Waals surface area contributed by atoms with E-state index in [1.165, 1.54) is 19.3 Å². The van der Waals surface area contributed by atoms with Gasteiger partial charge in [0, 0.05) is 30.3 Å². The second kappa shape index (κ2) is 8.29. The third-order valence-electron chi connectivity index (χ3n) is 4.49. The first-order valence-electron chi connectivity index (χ1n) is 8.63. The summed E-state index contributed by atoms with van der Waals surface area (Å²) in [7, 11) is 0. The molecule has 5 nitrogen and oxygen atoms in total. The van der Waals surface area contributed by atoms with Crippen LogP contribution in [0.15, 0.2) is 24.3 Å². The van der Waals surface area contributed by atoms with Crippen LogP contribution in [-0.2, 0) is 17.6 Å². The minimum absolute atomic E-state index is 0.187. The molecule has 1 fully saturated rings. The molecule has 128 valence electrons. The lowest BCUT2D eigenvalue weighted by atomic mass is 9.89. The summed E-state index contributed by atoms with van der Waals surface area (Å²) in [5, 5.41) is 10.9. The van der Waals surface area contributed by atoms with Crippen molar-refractivity contribution in [1.82, 2.24) is 20.5 Å². The van der Waals surface area contributed by atoms with Gasteiger partial charge in [0.25, 0.3) is 0 Å². The van der Waals surface area contributed by atoms with E-state index in [1.54, 1.807) is 0 Å². The molecular weight excluding hydrogens is 324 g/mol. The van der Waals surface area contributed by atoms with Crippen LogP contribution in [0.1, 0.15) is 49.3 Å². The summed E-state index contributed by atoms with van der Waals surface area (Å²) in [5.74, 6) is 1.95. The van der Waals surface area contributed by atoms with E-state index < -0.39 is 0 Å². The predicted octanol–water partition coefficient (Wildman–Crippen LogP) is 3.29. The Balaban J connectivity index is 1.44. The van der Waals surface area contributed by atoms with Crippen molar-refractivity contribution in [2.24, 2.45) is 5.92 Å². The van der Waals surface area contributed by atoms with Crippen LogP contribution in [-0.4, -0.2) is 27.6 Å². The number of nitrogens with zero attached hydrogens (tertiary/aromatic N) is 2. The van der Waals surface area contributed by atoms with E-state index in [0.717, 1.165) is 35.1 Å². The second-order valence-electron chi connectivity index (χ2n) is 6.38. The molecule has 6 heteroatoms. The molecule has 0 unspecified atom stereocenters. The van der Waals surface area contributed by atoms with Crippen molar-refractivity contribution in [3.63, 3.8) is 0 Å². The van der Waals surface area contributed by atoms with Crippen molar-refractivity contribution in [3.8, 4) is 0 Å². The lowest BCUT2D eigenvalue weighted by Crippen LogP contribution is -2.33. The second-order valence-corrected chi connectivity index (χ2v) is 6.81. The Morgan fingerprint density at radius 3 is 2.71 bits per heavy atom. The zero-order valence-corrected chi connectivity index (χ0v) is 14.5. The van der Waals surface area contributed by atoms with Gasteiger partial charge in [-0.1, -0.05) is 43.0 Å². The van der Waals surface area contributed by atoms with E-state index in [1.807, 2.05) is 24.3 Å². The molecule has 0 bridgehead atoms. The molecule has 2 aromatic rings. The van der Waals surface area contributed by atoms with Gasteiger partial charge < -0.3 is 5.32 Å². The number of aromatic nitrogens is 3. The number of nitrogens with one attached hydrogen (secondary N) is 2. The van der Waals surface area contributed by atoms with Gasteiger partial charge in [-0.2, -0.15) is 5.10 Å². The number of rotatable bonds is 6. The minimum atomic E-state index is 0.187. The molecule has 0 radical (unpaired) electrons. The highest BCUT2D eigenvalue weighted by atomic mass is 35.5. The molecule has 1 aromatic carbocycles. The molecule has 1 saturated carbocycles. The van der Waals surface area contributed by atoms with Gasteiger partial charge in [-0.25, -0.2) is 4.98 Å². The molecule has 1 aliphatic rings. The Bertz CT molecular complexity index is 662. The molecule has 1 amide bonds. The van der Waals surface area contributed by atoms with Gasteiger partial charge in [0.05, 0.1) is 0 Å². The zero-order valence-electron chi connectivity index (χ0n) is 13.7. The fourth-order valence-electron chi connectivity index (χ4n) is 3.13. The maximum absolute atomic E-state index is 12.1. The molecule has 24 heavy (non-hydrogen) atoms. The van der Waals surface area contributed by atoms with Crippen LogP contribution < -0.4 is 5.32 Å². The van der Waals surface area contributed by atoms with Gasteiger partial charge in [0.1, 0.15) is 5.82 Å². The van der Waals surface area contributed by atoms with E-state index in [0.29, 0.717) is 19.4 Å². The van der Waals surface area contributed by atoms with Crippen molar-refractivity contribution in [2.75, 3.05) is 6.54 Å². The third-order valence-corrected chi connectivity index (χ3v) is 4.74. The lowest BCUT2D eigenvalue weighted by molar-refractivity contribution is -0.125. The summed E-state index contributed by atoms with van der Waals surface area (Å²) in [6.45, 7) is 0.591. The van der Waals surface area contributed by atoms with Gasteiger partial charge >= 0.3 is 0 Å². The molecule has 1 aromatic heterocycles. The molecule has 0 spiro atoms. The van der Waals surface area contributed by atoms with Crippen LogP contribution in [0.4, 0.5) is 0 Å². The monoisotopic (exact) mass is 346 g/mol. The number of carbonyl (C=O) groups excluding carboxylic acids is 1. The summed E-state index contributed by atoms with van der Waals surface area (Å²) in [6, 6.07) is 7.70. The van der Waals surface area contributed by atoms with E-state index in [9.17, 15) is 4.79 Å². The summed E-state index contributed by atoms with van der Waals surface area (Å²) in [6.07, 6.45) is 7.00. The maximum atomic E-state index is 12.1. The fraction of sp³-hybridized carbons (Fsp3) is 0.500. The fourth-order valence-corrected chi connectivity index (χ4v) is 3.25. The number of halogens is 1. The molecule has 0 saturated heterocycles. The summed E-state index contributed by atoms with van der Waals surface area (Å²) in [5.41, 5.74) is 1.13. The SMILES string of the molecule is O=C(NCCc1n[nH]c(Cc2ccc(Cl)cc2)n1)C1CCCCC1. The van der Waals surface area contributed by atoms with Crippen molar-refractivity contribution in [3.05, 3.63) is 46.5 Å². The van der Waals surface area contributed by atoms with Gasteiger partial charge in [0.15, 0.2) is 5.82 Å². The molecule has 1 heterocycles. The number of carbonyl (C=O) groups is 1. The quantitative estimate of drug-likeness (QED) is 0.843. The van der Waals surface area contributed by atoms with Crippen molar-refractivity contribution < 1.29 is 4.79 Å². The molecule has 2 N–H and O–H groups in total. The van der Waals surface area contributed by atoms with Crippen molar-refractivity contribution >= 4 is 17.5 Å². The van der Waals surface area contributed by atoms with Crippen molar-refractivity contribution in [2.45, 2.75) is 44.9 Å². The van der Waals surface area contributed by atoms with Crippen LogP contribution in [0, 0.1) is 5.92 Å².